The van der Waals surface area contributed by atoms with Gasteiger partial charge in [0.2, 0.25) is 15.9 Å². The molecule has 0 atom stereocenters. The van der Waals surface area contributed by atoms with E-state index in [1.807, 2.05) is 11.8 Å². The number of carbonyl (C=O) groups excluding carboxylic acids is 1. The molecule has 146 valence electrons. The van der Waals surface area contributed by atoms with Crippen molar-refractivity contribution in [3.8, 4) is 0 Å². The molecule has 1 aliphatic carbocycles. The predicted octanol–water partition coefficient (Wildman–Crippen LogP) is 3.60. The van der Waals surface area contributed by atoms with Crippen molar-refractivity contribution in [3.63, 3.8) is 0 Å². The number of nitrogens with zero attached hydrogens (tertiary/aromatic N) is 1. The zero-order valence-electron chi connectivity index (χ0n) is 15.3. The Kier molecular flexibility index (Phi) is 8.10. The van der Waals surface area contributed by atoms with Crippen LogP contribution >= 0.6 is 23.4 Å². The van der Waals surface area contributed by atoms with E-state index in [0.29, 0.717) is 28.1 Å². The number of sulfonamides is 1. The Morgan fingerprint density at radius 2 is 2.00 bits per heavy atom. The summed E-state index contributed by atoms with van der Waals surface area (Å²) >= 11 is 7.84. The van der Waals surface area contributed by atoms with Gasteiger partial charge in [0.15, 0.2) is 0 Å². The summed E-state index contributed by atoms with van der Waals surface area (Å²) in [6.45, 7) is 2.10. The summed E-state index contributed by atoms with van der Waals surface area (Å²) in [5, 5.41) is 4.06. The number of halogens is 1. The topological polar surface area (TPSA) is 66.5 Å². The number of nitrogens with one attached hydrogen (secondary N) is 1. The molecule has 26 heavy (non-hydrogen) atoms. The molecule has 1 saturated carbocycles. The minimum atomic E-state index is -3.57. The zero-order chi connectivity index (χ0) is 19.2. The van der Waals surface area contributed by atoms with Gasteiger partial charge in [0.1, 0.15) is 6.54 Å². The molecule has 0 unspecified atom stereocenters. The van der Waals surface area contributed by atoms with Crippen molar-refractivity contribution >= 4 is 45.0 Å². The summed E-state index contributed by atoms with van der Waals surface area (Å²) in [6.07, 6.45) is 7.56. The lowest BCUT2D eigenvalue weighted by atomic mass is 10.0. The number of hydrogen-bond donors (Lipinski definition) is 1. The van der Waals surface area contributed by atoms with Crippen LogP contribution in [0.15, 0.2) is 18.2 Å². The van der Waals surface area contributed by atoms with E-state index < -0.39 is 10.0 Å². The van der Waals surface area contributed by atoms with Crippen LogP contribution in [0.3, 0.4) is 0 Å². The van der Waals surface area contributed by atoms with Gasteiger partial charge in [0.05, 0.1) is 11.9 Å². The lowest BCUT2D eigenvalue weighted by Gasteiger charge is -2.24. The van der Waals surface area contributed by atoms with Crippen LogP contribution in [-0.4, -0.2) is 44.7 Å². The van der Waals surface area contributed by atoms with Crippen LogP contribution in [0, 0.1) is 6.92 Å². The highest BCUT2D eigenvalue weighted by atomic mass is 35.5. The fraction of sp³-hybridized carbons (Fsp3) is 0.611. The molecule has 0 aliphatic heterocycles. The first-order chi connectivity index (χ1) is 12.3. The lowest BCUT2D eigenvalue weighted by Crippen LogP contribution is -2.41. The standard InChI is InChI=1S/C18H27ClN2O3S2/c1-14-12-15(19)8-9-17(14)21(26(2,23)24)13-18(22)20-10-11-25-16-6-4-3-5-7-16/h8-9,12,16H,3-7,10-11,13H2,1-2H3,(H,20,22). The van der Waals surface area contributed by atoms with Crippen molar-refractivity contribution in [2.24, 2.45) is 0 Å². The van der Waals surface area contributed by atoms with Gasteiger partial charge in [-0.25, -0.2) is 8.42 Å². The van der Waals surface area contributed by atoms with Crippen molar-refractivity contribution < 1.29 is 13.2 Å². The van der Waals surface area contributed by atoms with Gasteiger partial charge in [0.25, 0.3) is 0 Å². The van der Waals surface area contributed by atoms with Crippen molar-refractivity contribution in [1.82, 2.24) is 5.32 Å². The predicted molar refractivity (Wildman–Crippen MR) is 111 cm³/mol. The molecule has 0 radical (unpaired) electrons. The van der Waals surface area contributed by atoms with Gasteiger partial charge in [-0.1, -0.05) is 30.9 Å². The molecule has 1 aliphatic rings. The Balaban J connectivity index is 1.88. The summed E-state index contributed by atoms with van der Waals surface area (Å²) < 4.78 is 25.4. The van der Waals surface area contributed by atoms with Crippen LogP contribution in [0.4, 0.5) is 5.69 Å². The van der Waals surface area contributed by atoms with Gasteiger partial charge in [-0.15, -0.1) is 0 Å². The third kappa shape index (κ3) is 6.67. The SMILES string of the molecule is Cc1cc(Cl)ccc1N(CC(=O)NCCSC1CCCCC1)S(C)(=O)=O. The molecular formula is C18H27ClN2O3S2. The summed E-state index contributed by atoms with van der Waals surface area (Å²) in [5.74, 6) is 0.559. The molecule has 8 heteroatoms. The quantitative estimate of drug-likeness (QED) is 0.655. The largest absolute Gasteiger partial charge is 0.354 e. The average molecular weight is 419 g/mol. The molecule has 1 aromatic rings. The average Bonchev–Trinajstić information content (AvgIpc) is 2.57. The first-order valence-electron chi connectivity index (χ1n) is 8.89. The second-order valence-electron chi connectivity index (χ2n) is 6.68. The second-order valence-corrected chi connectivity index (χ2v) is 10.4. The Labute approximate surface area is 165 Å². The van der Waals surface area contributed by atoms with Crippen molar-refractivity contribution in [2.75, 3.05) is 29.4 Å². The first kappa shape index (κ1) is 21.4. The van der Waals surface area contributed by atoms with Crippen LogP contribution in [0.5, 0.6) is 0 Å². The molecule has 1 N–H and O–H groups in total. The third-order valence-corrected chi connectivity index (χ3v) is 7.19. The van der Waals surface area contributed by atoms with Gasteiger partial charge in [-0.05, 0) is 43.5 Å². The molecule has 2 rings (SSSR count). The van der Waals surface area contributed by atoms with Crippen molar-refractivity contribution in [3.05, 3.63) is 28.8 Å². The van der Waals surface area contributed by atoms with Crippen LogP contribution in [0.25, 0.3) is 0 Å². The molecule has 0 saturated heterocycles. The highest BCUT2D eigenvalue weighted by molar-refractivity contribution is 7.99. The van der Waals surface area contributed by atoms with Crippen LogP contribution < -0.4 is 9.62 Å². The fourth-order valence-electron chi connectivity index (χ4n) is 3.11. The first-order valence-corrected chi connectivity index (χ1v) is 12.2. The van der Waals surface area contributed by atoms with Crippen LogP contribution in [0.2, 0.25) is 5.02 Å². The van der Waals surface area contributed by atoms with E-state index in [-0.39, 0.29) is 12.5 Å². The Morgan fingerprint density at radius 1 is 1.31 bits per heavy atom. The molecule has 0 heterocycles. The van der Waals surface area contributed by atoms with E-state index >= 15 is 0 Å². The smallest absolute Gasteiger partial charge is 0.240 e. The number of benzene rings is 1. The number of thioether (sulfide) groups is 1. The van der Waals surface area contributed by atoms with Gasteiger partial charge >= 0.3 is 0 Å². The molecule has 1 aromatic carbocycles. The van der Waals surface area contributed by atoms with E-state index in [0.717, 1.165) is 16.3 Å². The zero-order valence-corrected chi connectivity index (χ0v) is 17.7. The number of amides is 1. The lowest BCUT2D eigenvalue weighted by molar-refractivity contribution is -0.119. The third-order valence-electron chi connectivity index (χ3n) is 4.45. The number of anilines is 1. The summed E-state index contributed by atoms with van der Waals surface area (Å²) in [7, 11) is -3.57. The Hall–Kier alpha value is -0.920. The van der Waals surface area contributed by atoms with E-state index in [1.54, 1.807) is 25.1 Å². The molecule has 0 spiro atoms. The Bertz CT molecular complexity index is 719. The minimum absolute atomic E-state index is 0.227. The fourth-order valence-corrected chi connectivity index (χ4v) is 5.47. The summed E-state index contributed by atoms with van der Waals surface area (Å²) in [6, 6.07) is 4.94. The highest BCUT2D eigenvalue weighted by Gasteiger charge is 2.22. The van der Waals surface area contributed by atoms with E-state index in [4.69, 9.17) is 11.6 Å². The number of rotatable bonds is 8. The monoisotopic (exact) mass is 418 g/mol. The van der Waals surface area contributed by atoms with Gasteiger partial charge < -0.3 is 5.32 Å². The van der Waals surface area contributed by atoms with Crippen molar-refractivity contribution in [1.29, 1.82) is 0 Å². The maximum absolute atomic E-state index is 12.3. The second kappa shape index (κ2) is 9.85. The summed E-state index contributed by atoms with van der Waals surface area (Å²) in [5.41, 5.74) is 1.19. The molecule has 0 aromatic heterocycles. The van der Waals surface area contributed by atoms with E-state index in [2.05, 4.69) is 5.32 Å². The van der Waals surface area contributed by atoms with Crippen molar-refractivity contribution in [2.45, 2.75) is 44.3 Å². The molecule has 0 bridgehead atoms. The molecule has 1 amide bonds. The van der Waals surface area contributed by atoms with Crippen LogP contribution in [0.1, 0.15) is 37.7 Å². The Morgan fingerprint density at radius 3 is 2.62 bits per heavy atom. The number of hydrogen-bond acceptors (Lipinski definition) is 4. The molecule has 5 nitrogen and oxygen atoms in total. The number of carbonyl (C=O) groups is 1. The molecular weight excluding hydrogens is 392 g/mol. The maximum Gasteiger partial charge on any atom is 0.240 e. The maximum atomic E-state index is 12.3. The van der Waals surface area contributed by atoms with Gasteiger partial charge in [-0.3, -0.25) is 9.10 Å². The molecule has 1 fully saturated rings. The normalized spacial score (nSPS) is 15.7. The number of aryl methyl sites for hydroxylation is 1. The highest BCUT2D eigenvalue weighted by Crippen LogP contribution is 2.28. The van der Waals surface area contributed by atoms with Gasteiger partial charge in [-0.2, -0.15) is 11.8 Å². The minimum Gasteiger partial charge on any atom is -0.354 e. The van der Waals surface area contributed by atoms with Crippen LogP contribution in [-0.2, 0) is 14.8 Å². The van der Waals surface area contributed by atoms with E-state index in [9.17, 15) is 13.2 Å². The van der Waals surface area contributed by atoms with Gasteiger partial charge in [0, 0.05) is 22.6 Å². The van der Waals surface area contributed by atoms with E-state index in [1.165, 1.54) is 32.1 Å². The summed E-state index contributed by atoms with van der Waals surface area (Å²) in [4.78, 5) is 12.3.